The molecule has 17 heavy (non-hydrogen) atoms. The van der Waals surface area contributed by atoms with Crippen molar-refractivity contribution in [1.29, 1.82) is 5.26 Å². The standard InChI is InChI=1S/C14H19NOS/c1-4-12(7-8-17-10-15)14-6-5-13(16-3)9-11(14)2/h5-6,9,12H,4,7-8H2,1-3H3. The number of rotatable bonds is 6. The molecular weight excluding hydrogens is 230 g/mol. The number of nitriles is 1. The molecule has 0 aliphatic heterocycles. The Balaban J connectivity index is 2.78. The highest BCUT2D eigenvalue weighted by molar-refractivity contribution is 8.03. The van der Waals surface area contributed by atoms with E-state index in [1.54, 1.807) is 7.11 Å². The topological polar surface area (TPSA) is 33.0 Å². The van der Waals surface area contributed by atoms with Gasteiger partial charge in [0.1, 0.15) is 11.2 Å². The van der Waals surface area contributed by atoms with E-state index in [1.165, 1.54) is 22.9 Å². The Bertz CT molecular complexity index is 398. The molecule has 92 valence electrons. The van der Waals surface area contributed by atoms with Crippen molar-refractivity contribution in [2.75, 3.05) is 12.9 Å². The molecule has 1 aromatic rings. The van der Waals surface area contributed by atoms with Crippen LogP contribution in [0.2, 0.25) is 0 Å². The van der Waals surface area contributed by atoms with Gasteiger partial charge in [0, 0.05) is 5.75 Å². The van der Waals surface area contributed by atoms with Crippen LogP contribution >= 0.6 is 11.8 Å². The van der Waals surface area contributed by atoms with Crippen LogP contribution in [0.25, 0.3) is 0 Å². The van der Waals surface area contributed by atoms with Gasteiger partial charge in [0.25, 0.3) is 0 Å². The monoisotopic (exact) mass is 249 g/mol. The Kier molecular flexibility index (Phi) is 5.93. The molecule has 0 aromatic heterocycles. The van der Waals surface area contributed by atoms with E-state index in [2.05, 4.69) is 31.4 Å². The van der Waals surface area contributed by atoms with Crippen molar-refractivity contribution in [2.45, 2.75) is 32.6 Å². The number of benzene rings is 1. The molecule has 1 rings (SSSR count). The van der Waals surface area contributed by atoms with Gasteiger partial charge < -0.3 is 4.74 Å². The van der Waals surface area contributed by atoms with Gasteiger partial charge in [-0.25, -0.2) is 0 Å². The molecule has 0 bridgehead atoms. The van der Waals surface area contributed by atoms with E-state index >= 15 is 0 Å². The highest BCUT2D eigenvalue weighted by atomic mass is 32.2. The summed E-state index contributed by atoms with van der Waals surface area (Å²) in [4.78, 5) is 0. The largest absolute Gasteiger partial charge is 0.497 e. The van der Waals surface area contributed by atoms with Gasteiger partial charge in [0.05, 0.1) is 7.11 Å². The number of nitrogens with zero attached hydrogens (tertiary/aromatic N) is 1. The first-order chi connectivity index (χ1) is 8.22. The van der Waals surface area contributed by atoms with Crippen molar-refractivity contribution in [3.8, 4) is 11.2 Å². The van der Waals surface area contributed by atoms with Crippen molar-refractivity contribution >= 4 is 11.8 Å². The number of hydrogen-bond donors (Lipinski definition) is 0. The maximum Gasteiger partial charge on any atom is 0.133 e. The van der Waals surface area contributed by atoms with Crippen molar-refractivity contribution in [3.63, 3.8) is 0 Å². The third kappa shape index (κ3) is 3.98. The average Bonchev–Trinajstić information content (AvgIpc) is 2.35. The zero-order valence-corrected chi connectivity index (χ0v) is 11.5. The average molecular weight is 249 g/mol. The van der Waals surface area contributed by atoms with Gasteiger partial charge in [-0.05, 0) is 60.7 Å². The molecule has 0 saturated carbocycles. The van der Waals surface area contributed by atoms with E-state index in [1.807, 2.05) is 6.07 Å². The summed E-state index contributed by atoms with van der Waals surface area (Å²) in [5, 5.41) is 10.7. The molecule has 1 unspecified atom stereocenters. The van der Waals surface area contributed by atoms with Gasteiger partial charge in [0.2, 0.25) is 0 Å². The van der Waals surface area contributed by atoms with E-state index < -0.39 is 0 Å². The van der Waals surface area contributed by atoms with Crippen LogP contribution in [0.5, 0.6) is 5.75 Å². The minimum atomic E-state index is 0.543. The minimum Gasteiger partial charge on any atom is -0.497 e. The lowest BCUT2D eigenvalue weighted by atomic mass is 9.90. The molecule has 0 heterocycles. The second kappa shape index (κ2) is 7.24. The van der Waals surface area contributed by atoms with Crippen LogP contribution in [-0.4, -0.2) is 12.9 Å². The van der Waals surface area contributed by atoms with Crippen LogP contribution in [-0.2, 0) is 0 Å². The molecule has 0 spiro atoms. The molecule has 1 atom stereocenters. The molecule has 0 fully saturated rings. The summed E-state index contributed by atoms with van der Waals surface area (Å²) < 4.78 is 5.21. The van der Waals surface area contributed by atoms with Crippen LogP contribution in [0.4, 0.5) is 0 Å². The van der Waals surface area contributed by atoms with Gasteiger partial charge in [-0.1, -0.05) is 13.0 Å². The molecule has 0 amide bonds. The number of methoxy groups -OCH3 is 1. The van der Waals surface area contributed by atoms with Gasteiger partial charge in [-0.15, -0.1) is 0 Å². The minimum absolute atomic E-state index is 0.543. The molecule has 2 nitrogen and oxygen atoms in total. The number of thioether (sulfide) groups is 1. The summed E-state index contributed by atoms with van der Waals surface area (Å²) in [7, 11) is 1.69. The van der Waals surface area contributed by atoms with Crippen LogP contribution in [0.1, 0.15) is 36.8 Å². The Hall–Kier alpha value is -1.14. The van der Waals surface area contributed by atoms with Gasteiger partial charge in [-0.3, -0.25) is 0 Å². The smallest absolute Gasteiger partial charge is 0.133 e. The van der Waals surface area contributed by atoms with Crippen molar-refractivity contribution in [2.24, 2.45) is 0 Å². The fourth-order valence-corrected chi connectivity index (χ4v) is 2.55. The predicted molar refractivity (Wildman–Crippen MR) is 73.5 cm³/mol. The molecule has 0 saturated heterocycles. The van der Waals surface area contributed by atoms with Crippen LogP contribution in [0.3, 0.4) is 0 Å². The van der Waals surface area contributed by atoms with Crippen LogP contribution < -0.4 is 4.74 Å². The highest BCUT2D eigenvalue weighted by Crippen LogP contribution is 2.29. The summed E-state index contributed by atoms with van der Waals surface area (Å²) in [6, 6.07) is 6.25. The molecule has 0 N–H and O–H groups in total. The summed E-state index contributed by atoms with van der Waals surface area (Å²) in [5.74, 6) is 2.36. The maximum absolute atomic E-state index is 8.54. The molecule has 1 aromatic carbocycles. The summed E-state index contributed by atoms with van der Waals surface area (Å²) in [5.41, 5.74) is 2.66. The van der Waals surface area contributed by atoms with Crippen LogP contribution in [0, 0.1) is 17.6 Å². The zero-order valence-electron chi connectivity index (χ0n) is 10.7. The number of aryl methyl sites for hydroxylation is 1. The highest BCUT2D eigenvalue weighted by Gasteiger charge is 2.12. The van der Waals surface area contributed by atoms with Crippen molar-refractivity contribution in [1.82, 2.24) is 0 Å². The first-order valence-corrected chi connectivity index (χ1v) is 6.86. The summed E-state index contributed by atoms with van der Waals surface area (Å²) >= 11 is 1.34. The first kappa shape index (κ1) is 13.9. The second-order valence-corrected chi connectivity index (χ2v) is 4.94. The lowest BCUT2D eigenvalue weighted by Gasteiger charge is -2.17. The quantitative estimate of drug-likeness (QED) is 0.562. The molecule has 0 aliphatic rings. The van der Waals surface area contributed by atoms with E-state index in [9.17, 15) is 0 Å². The van der Waals surface area contributed by atoms with Crippen LogP contribution in [0.15, 0.2) is 18.2 Å². The first-order valence-electron chi connectivity index (χ1n) is 5.88. The van der Waals surface area contributed by atoms with E-state index in [0.717, 1.165) is 24.3 Å². The van der Waals surface area contributed by atoms with Gasteiger partial charge in [0.15, 0.2) is 0 Å². The summed E-state index contributed by atoms with van der Waals surface area (Å²) in [6.45, 7) is 4.32. The molecule has 3 heteroatoms. The number of thiocyanates is 1. The van der Waals surface area contributed by atoms with E-state index in [-0.39, 0.29) is 0 Å². The van der Waals surface area contributed by atoms with Crippen molar-refractivity contribution < 1.29 is 4.74 Å². The lowest BCUT2D eigenvalue weighted by Crippen LogP contribution is -2.01. The number of hydrogen-bond acceptors (Lipinski definition) is 3. The second-order valence-electron chi connectivity index (χ2n) is 4.06. The fraction of sp³-hybridized carbons (Fsp3) is 0.500. The van der Waals surface area contributed by atoms with E-state index in [0.29, 0.717) is 5.92 Å². The SMILES string of the molecule is CCC(CCSC#N)c1ccc(OC)cc1C. The Labute approximate surface area is 108 Å². The zero-order chi connectivity index (χ0) is 12.7. The predicted octanol–water partition coefficient (Wildman–Crippen LogP) is 4.10. The Morgan fingerprint density at radius 2 is 2.24 bits per heavy atom. The Morgan fingerprint density at radius 1 is 1.47 bits per heavy atom. The fourth-order valence-electron chi connectivity index (χ4n) is 2.06. The van der Waals surface area contributed by atoms with Crippen molar-refractivity contribution in [3.05, 3.63) is 29.3 Å². The summed E-state index contributed by atoms with van der Waals surface area (Å²) in [6.07, 6.45) is 2.17. The third-order valence-corrected chi connectivity index (χ3v) is 3.61. The van der Waals surface area contributed by atoms with Gasteiger partial charge in [-0.2, -0.15) is 5.26 Å². The third-order valence-electron chi connectivity index (χ3n) is 3.04. The van der Waals surface area contributed by atoms with E-state index in [4.69, 9.17) is 10.00 Å². The normalized spacial score (nSPS) is 11.9. The lowest BCUT2D eigenvalue weighted by molar-refractivity contribution is 0.414. The van der Waals surface area contributed by atoms with Gasteiger partial charge >= 0.3 is 0 Å². The molecular formula is C14H19NOS. The molecule has 0 radical (unpaired) electrons. The number of ether oxygens (including phenoxy) is 1. The Morgan fingerprint density at radius 3 is 2.76 bits per heavy atom. The maximum atomic E-state index is 8.54. The molecule has 0 aliphatic carbocycles.